The number of rotatable bonds is 8. The fourth-order valence-electron chi connectivity index (χ4n) is 1.83. The van der Waals surface area contributed by atoms with Crippen LogP contribution >= 0.6 is 0 Å². The maximum Gasteiger partial charge on any atom is 0.305 e. The molecular weight excluding hydrogens is 218 g/mol. The number of aliphatic carboxylic acids is 1. The zero-order chi connectivity index (χ0) is 13.5. The molecule has 0 fully saturated rings. The van der Waals surface area contributed by atoms with Crippen LogP contribution in [0.5, 0.6) is 0 Å². The average Bonchev–Trinajstić information content (AvgIpc) is 2.15. The van der Waals surface area contributed by atoms with Crippen LogP contribution < -0.4 is 5.32 Å². The molecule has 0 rings (SSSR count). The van der Waals surface area contributed by atoms with Crippen molar-refractivity contribution in [3.63, 3.8) is 0 Å². The van der Waals surface area contributed by atoms with E-state index in [-0.39, 0.29) is 18.2 Å². The second kappa shape index (κ2) is 7.30. The van der Waals surface area contributed by atoms with E-state index in [4.69, 9.17) is 5.11 Å². The lowest BCUT2D eigenvalue weighted by Crippen LogP contribution is -2.47. The van der Waals surface area contributed by atoms with Crippen molar-refractivity contribution >= 4 is 11.9 Å². The Morgan fingerprint density at radius 3 is 2.29 bits per heavy atom. The number of amides is 1. The van der Waals surface area contributed by atoms with E-state index in [9.17, 15) is 9.59 Å². The molecule has 100 valence electrons. The molecule has 0 aliphatic carbocycles. The third kappa shape index (κ3) is 6.97. The lowest BCUT2D eigenvalue weighted by Gasteiger charge is -2.27. The minimum atomic E-state index is -0.892. The van der Waals surface area contributed by atoms with Crippen molar-refractivity contribution in [3.05, 3.63) is 0 Å². The molecule has 0 aliphatic heterocycles. The first-order chi connectivity index (χ1) is 7.82. The first-order valence-corrected chi connectivity index (χ1v) is 6.36. The summed E-state index contributed by atoms with van der Waals surface area (Å²) in [5.74, 6) is -0.910. The summed E-state index contributed by atoms with van der Waals surface area (Å²) in [6.07, 6.45) is 3.73. The van der Waals surface area contributed by atoms with Gasteiger partial charge in [0.1, 0.15) is 0 Å². The van der Waals surface area contributed by atoms with Gasteiger partial charge in [0.2, 0.25) is 5.91 Å². The van der Waals surface area contributed by atoms with E-state index in [0.29, 0.717) is 0 Å². The molecule has 4 nitrogen and oxygen atoms in total. The highest BCUT2D eigenvalue weighted by Crippen LogP contribution is 2.16. The van der Waals surface area contributed by atoms with E-state index in [1.807, 2.05) is 6.92 Å². The molecule has 0 heterocycles. The summed E-state index contributed by atoms with van der Waals surface area (Å²) in [4.78, 5) is 22.6. The fourth-order valence-corrected chi connectivity index (χ4v) is 1.83. The Hall–Kier alpha value is -1.06. The number of hydrogen-bond donors (Lipinski definition) is 2. The first kappa shape index (κ1) is 15.9. The lowest BCUT2D eigenvalue weighted by atomic mass is 9.95. The van der Waals surface area contributed by atoms with Gasteiger partial charge in [0.15, 0.2) is 0 Å². The molecule has 1 unspecified atom stereocenters. The number of carbonyl (C=O) groups excluding carboxylic acids is 1. The van der Waals surface area contributed by atoms with E-state index in [2.05, 4.69) is 12.2 Å². The van der Waals surface area contributed by atoms with E-state index in [0.717, 1.165) is 25.7 Å². The Labute approximate surface area is 104 Å². The molecule has 0 saturated carbocycles. The number of carboxylic acid groups (broad SMARTS) is 1. The maximum absolute atomic E-state index is 12.0. The zero-order valence-corrected chi connectivity index (χ0v) is 11.4. The van der Waals surface area contributed by atoms with Crippen LogP contribution in [0.25, 0.3) is 0 Å². The highest BCUT2D eigenvalue weighted by molar-refractivity contribution is 5.80. The molecule has 0 aliphatic rings. The predicted octanol–water partition coefficient (Wildman–Crippen LogP) is 2.57. The number of unbranched alkanes of at least 4 members (excludes halogenated alkanes) is 1. The molecule has 0 spiro atoms. The summed E-state index contributed by atoms with van der Waals surface area (Å²) >= 11 is 0. The maximum atomic E-state index is 12.0. The minimum absolute atomic E-state index is 0.00280. The van der Waals surface area contributed by atoms with Gasteiger partial charge in [-0.15, -0.1) is 0 Å². The van der Waals surface area contributed by atoms with E-state index < -0.39 is 11.5 Å². The number of hydrogen-bond acceptors (Lipinski definition) is 2. The summed E-state index contributed by atoms with van der Waals surface area (Å²) in [5, 5.41) is 11.6. The van der Waals surface area contributed by atoms with Gasteiger partial charge in [0, 0.05) is 11.5 Å². The molecule has 0 saturated heterocycles. The van der Waals surface area contributed by atoms with Crippen LogP contribution in [0, 0.1) is 5.92 Å². The van der Waals surface area contributed by atoms with E-state index >= 15 is 0 Å². The number of carbonyl (C=O) groups is 2. The highest BCUT2D eigenvalue weighted by atomic mass is 16.4. The Balaban J connectivity index is 4.33. The van der Waals surface area contributed by atoms with Gasteiger partial charge in [-0.05, 0) is 26.7 Å². The lowest BCUT2D eigenvalue weighted by molar-refractivity contribution is -0.139. The molecule has 4 heteroatoms. The Bertz CT molecular complexity index is 261. The zero-order valence-electron chi connectivity index (χ0n) is 11.4. The number of carboxylic acids is 1. The van der Waals surface area contributed by atoms with Crippen molar-refractivity contribution in [2.75, 3.05) is 0 Å². The van der Waals surface area contributed by atoms with Gasteiger partial charge in [0.05, 0.1) is 6.42 Å². The summed E-state index contributed by atoms with van der Waals surface area (Å²) in [6, 6.07) is 0. The van der Waals surface area contributed by atoms with E-state index in [1.165, 1.54) is 0 Å². The van der Waals surface area contributed by atoms with Gasteiger partial charge in [-0.3, -0.25) is 9.59 Å². The van der Waals surface area contributed by atoms with Gasteiger partial charge >= 0.3 is 5.97 Å². The topological polar surface area (TPSA) is 66.4 Å². The van der Waals surface area contributed by atoms with Crippen molar-refractivity contribution in [1.82, 2.24) is 5.32 Å². The quantitative estimate of drug-likeness (QED) is 0.688. The molecule has 0 aromatic rings. The van der Waals surface area contributed by atoms with Gasteiger partial charge < -0.3 is 10.4 Å². The Morgan fingerprint density at radius 1 is 1.29 bits per heavy atom. The standard InChI is InChI=1S/C13H25NO3/c1-5-7-8-10(6-2)12(17)14-13(3,4)9-11(15)16/h10H,5-9H2,1-4H3,(H,14,17)(H,15,16). The highest BCUT2D eigenvalue weighted by Gasteiger charge is 2.26. The smallest absolute Gasteiger partial charge is 0.305 e. The second-order valence-electron chi connectivity index (χ2n) is 5.19. The average molecular weight is 243 g/mol. The molecule has 0 aromatic heterocycles. The van der Waals surface area contributed by atoms with Crippen LogP contribution in [0.15, 0.2) is 0 Å². The second-order valence-corrected chi connectivity index (χ2v) is 5.19. The molecule has 0 bridgehead atoms. The van der Waals surface area contributed by atoms with Crippen molar-refractivity contribution in [3.8, 4) is 0 Å². The van der Waals surface area contributed by atoms with E-state index in [1.54, 1.807) is 13.8 Å². The predicted molar refractivity (Wildman–Crippen MR) is 67.8 cm³/mol. The first-order valence-electron chi connectivity index (χ1n) is 6.36. The van der Waals surface area contributed by atoms with Crippen molar-refractivity contribution in [2.45, 2.75) is 65.3 Å². The van der Waals surface area contributed by atoms with Crippen molar-refractivity contribution in [2.24, 2.45) is 5.92 Å². The third-order valence-corrected chi connectivity index (χ3v) is 2.82. The van der Waals surface area contributed by atoms with Crippen molar-refractivity contribution < 1.29 is 14.7 Å². The summed E-state index contributed by atoms with van der Waals surface area (Å²) in [6.45, 7) is 7.57. The molecule has 17 heavy (non-hydrogen) atoms. The molecule has 0 radical (unpaired) electrons. The largest absolute Gasteiger partial charge is 0.481 e. The fraction of sp³-hybridized carbons (Fsp3) is 0.846. The van der Waals surface area contributed by atoms with Crippen LogP contribution in [0.2, 0.25) is 0 Å². The van der Waals surface area contributed by atoms with Crippen molar-refractivity contribution in [1.29, 1.82) is 0 Å². The van der Waals surface area contributed by atoms with Crippen LogP contribution in [-0.4, -0.2) is 22.5 Å². The Morgan fingerprint density at radius 2 is 1.88 bits per heavy atom. The van der Waals surface area contributed by atoms with Crippen LogP contribution in [0.3, 0.4) is 0 Å². The molecule has 0 aromatic carbocycles. The van der Waals surface area contributed by atoms with Gasteiger partial charge in [0.25, 0.3) is 0 Å². The minimum Gasteiger partial charge on any atom is -0.481 e. The molecule has 1 amide bonds. The summed E-state index contributed by atoms with van der Waals surface area (Å²) in [5.41, 5.74) is -0.678. The van der Waals surface area contributed by atoms with Crippen LogP contribution in [-0.2, 0) is 9.59 Å². The summed E-state index contributed by atoms with van der Waals surface area (Å²) < 4.78 is 0. The van der Waals surface area contributed by atoms with Gasteiger partial charge in [-0.2, -0.15) is 0 Å². The molecular formula is C13H25NO3. The normalized spacial score (nSPS) is 13.2. The summed E-state index contributed by atoms with van der Waals surface area (Å²) in [7, 11) is 0. The van der Waals surface area contributed by atoms with Gasteiger partial charge in [-0.25, -0.2) is 0 Å². The van der Waals surface area contributed by atoms with Gasteiger partial charge in [-0.1, -0.05) is 26.7 Å². The molecule has 1 atom stereocenters. The van der Waals surface area contributed by atoms with Crippen LogP contribution in [0.1, 0.15) is 59.8 Å². The molecule has 2 N–H and O–H groups in total. The monoisotopic (exact) mass is 243 g/mol. The van der Waals surface area contributed by atoms with Crippen LogP contribution in [0.4, 0.5) is 0 Å². The SMILES string of the molecule is CCCCC(CC)C(=O)NC(C)(C)CC(=O)O. The Kier molecular flexibility index (Phi) is 6.85. The number of nitrogens with one attached hydrogen (secondary N) is 1. The third-order valence-electron chi connectivity index (χ3n) is 2.82.